The first-order valence-electron chi connectivity index (χ1n) is 10.7. The Morgan fingerprint density at radius 3 is 2.03 bits per heavy atom. The Bertz CT molecular complexity index is 1100. The summed E-state index contributed by atoms with van der Waals surface area (Å²) < 4.78 is 22.0. The maximum atomic E-state index is 12.9. The van der Waals surface area contributed by atoms with E-state index in [1.807, 2.05) is 12.1 Å². The third-order valence-corrected chi connectivity index (χ3v) is 5.30. The second-order valence-corrected chi connectivity index (χ2v) is 8.61. The fourth-order valence-corrected chi connectivity index (χ4v) is 3.36. The third-order valence-electron chi connectivity index (χ3n) is 5.30. The van der Waals surface area contributed by atoms with E-state index in [1.165, 1.54) is 5.56 Å². The van der Waals surface area contributed by atoms with Gasteiger partial charge in [0.05, 0.1) is 21.3 Å². The van der Waals surface area contributed by atoms with E-state index in [9.17, 15) is 4.79 Å². The highest BCUT2D eigenvalue weighted by Gasteiger charge is 2.15. The summed E-state index contributed by atoms with van der Waals surface area (Å²) in [5.74, 6) is 2.29. The van der Waals surface area contributed by atoms with Crippen LogP contribution in [-0.4, -0.2) is 27.2 Å². The number of carbonyl (C=O) groups excluding carboxylic acids is 1. The molecule has 0 spiro atoms. The van der Waals surface area contributed by atoms with E-state index < -0.39 is 0 Å². The van der Waals surface area contributed by atoms with Crippen molar-refractivity contribution < 1.29 is 23.7 Å². The zero-order chi connectivity index (χ0) is 24.0. The van der Waals surface area contributed by atoms with Gasteiger partial charge in [0, 0.05) is 22.9 Å². The average molecular weight is 450 g/mol. The van der Waals surface area contributed by atoms with Gasteiger partial charge in [0.1, 0.15) is 18.1 Å². The summed E-state index contributed by atoms with van der Waals surface area (Å²) in [6, 6.07) is 18.5. The molecule has 0 atom stereocenters. The Hall–Kier alpha value is -3.67. The Morgan fingerprint density at radius 1 is 0.788 bits per heavy atom. The van der Waals surface area contributed by atoms with Gasteiger partial charge >= 0.3 is 0 Å². The number of carbonyl (C=O) groups is 1. The molecule has 1 amide bonds. The number of hydrogen-bond donors (Lipinski definition) is 1. The van der Waals surface area contributed by atoms with Gasteiger partial charge in [-0.25, -0.2) is 0 Å². The first-order chi connectivity index (χ1) is 15.7. The molecule has 0 fully saturated rings. The van der Waals surface area contributed by atoms with Crippen molar-refractivity contribution in [3.63, 3.8) is 0 Å². The molecule has 0 bridgehead atoms. The predicted molar refractivity (Wildman–Crippen MR) is 130 cm³/mol. The minimum absolute atomic E-state index is 0.0807. The first kappa shape index (κ1) is 24.0. The highest BCUT2D eigenvalue weighted by molar-refractivity contribution is 6.04. The van der Waals surface area contributed by atoms with E-state index in [0.717, 1.165) is 11.3 Å². The van der Waals surface area contributed by atoms with Crippen LogP contribution in [0.2, 0.25) is 0 Å². The zero-order valence-electron chi connectivity index (χ0n) is 20.0. The topological polar surface area (TPSA) is 66.0 Å². The van der Waals surface area contributed by atoms with Crippen LogP contribution in [0.25, 0.3) is 0 Å². The van der Waals surface area contributed by atoms with Crippen molar-refractivity contribution in [1.82, 2.24) is 0 Å². The molecular weight excluding hydrogens is 418 g/mol. The minimum atomic E-state index is -0.249. The molecule has 0 aromatic heterocycles. The molecular formula is C27H31NO5. The Balaban J connectivity index is 1.74. The fourth-order valence-electron chi connectivity index (χ4n) is 3.36. The lowest BCUT2D eigenvalue weighted by atomic mass is 9.87. The Kier molecular flexibility index (Phi) is 7.48. The summed E-state index contributed by atoms with van der Waals surface area (Å²) in [6.45, 7) is 6.79. The van der Waals surface area contributed by atoms with Crippen LogP contribution in [0.5, 0.6) is 23.0 Å². The van der Waals surface area contributed by atoms with Crippen LogP contribution in [0.1, 0.15) is 42.3 Å². The molecule has 33 heavy (non-hydrogen) atoms. The second kappa shape index (κ2) is 10.3. The maximum Gasteiger partial charge on any atom is 0.255 e. The van der Waals surface area contributed by atoms with E-state index >= 15 is 0 Å². The van der Waals surface area contributed by atoms with Crippen molar-refractivity contribution in [2.75, 3.05) is 26.6 Å². The highest BCUT2D eigenvalue weighted by Crippen LogP contribution is 2.30. The van der Waals surface area contributed by atoms with Crippen molar-refractivity contribution in [1.29, 1.82) is 0 Å². The summed E-state index contributed by atoms with van der Waals surface area (Å²) in [6.07, 6.45) is 0. The van der Waals surface area contributed by atoms with E-state index in [2.05, 4.69) is 38.2 Å². The predicted octanol–water partition coefficient (Wildman–Crippen LogP) is 5.84. The van der Waals surface area contributed by atoms with Gasteiger partial charge in [-0.3, -0.25) is 4.79 Å². The number of anilines is 1. The molecule has 0 saturated carbocycles. The Labute approximate surface area is 195 Å². The molecule has 0 aliphatic carbocycles. The van der Waals surface area contributed by atoms with Gasteiger partial charge in [-0.2, -0.15) is 0 Å². The summed E-state index contributed by atoms with van der Waals surface area (Å²) in [5, 5.41) is 2.89. The minimum Gasteiger partial charge on any atom is -0.496 e. The summed E-state index contributed by atoms with van der Waals surface area (Å²) in [7, 11) is 4.71. The van der Waals surface area contributed by atoms with Crippen LogP contribution in [0.3, 0.4) is 0 Å². The fraction of sp³-hybridized carbons (Fsp3) is 0.296. The number of methoxy groups -OCH3 is 3. The lowest BCUT2D eigenvalue weighted by Gasteiger charge is -2.19. The van der Waals surface area contributed by atoms with Crippen LogP contribution in [0.15, 0.2) is 60.7 Å². The zero-order valence-corrected chi connectivity index (χ0v) is 20.0. The smallest absolute Gasteiger partial charge is 0.255 e. The highest BCUT2D eigenvalue weighted by atomic mass is 16.5. The van der Waals surface area contributed by atoms with Gasteiger partial charge < -0.3 is 24.3 Å². The lowest BCUT2D eigenvalue weighted by molar-refractivity contribution is 0.102. The molecule has 1 N–H and O–H groups in total. The molecule has 6 heteroatoms. The molecule has 3 aromatic carbocycles. The van der Waals surface area contributed by atoms with Gasteiger partial charge in [0.15, 0.2) is 11.5 Å². The van der Waals surface area contributed by atoms with Crippen LogP contribution in [-0.2, 0) is 12.0 Å². The van der Waals surface area contributed by atoms with E-state index in [1.54, 1.807) is 57.7 Å². The number of ether oxygens (including phenoxy) is 4. The molecule has 0 unspecified atom stereocenters. The monoisotopic (exact) mass is 449 g/mol. The average Bonchev–Trinajstić information content (AvgIpc) is 2.82. The third kappa shape index (κ3) is 5.98. The van der Waals surface area contributed by atoms with Crippen LogP contribution in [0, 0.1) is 0 Å². The number of rotatable bonds is 8. The normalized spacial score (nSPS) is 11.0. The van der Waals surface area contributed by atoms with Gasteiger partial charge in [-0.05, 0) is 53.4 Å². The van der Waals surface area contributed by atoms with Crippen LogP contribution >= 0.6 is 0 Å². The van der Waals surface area contributed by atoms with Crippen LogP contribution < -0.4 is 24.3 Å². The first-order valence-corrected chi connectivity index (χ1v) is 10.7. The van der Waals surface area contributed by atoms with Gasteiger partial charge in [0.25, 0.3) is 5.91 Å². The molecule has 0 heterocycles. The largest absolute Gasteiger partial charge is 0.496 e. The van der Waals surface area contributed by atoms with Crippen molar-refractivity contribution in [2.24, 2.45) is 0 Å². The number of amides is 1. The summed E-state index contributed by atoms with van der Waals surface area (Å²) in [4.78, 5) is 12.9. The van der Waals surface area contributed by atoms with Crippen LogP contribution in [0.4, 0.5) is 5.69 Å². The van der Waals surface area contributed by atoms with E-state index in [4.69, 9.17) is 18.9 Å². The quantitative estimate of drug-likeness (QED) is 0.468. The van der Waals surface area contributed by atoms with Gasteiger partial charge in [0.2, 0.25) is 0 Å². The summed E-state index contributed by atoms with van der Waals surface area (Å²) >= 11 is 0. The second-order valence-electron chi connectivity index (χ2n) is 8.61. The molecule has 0 saturated heterocycles. The van der Waals surface area contributed by atoms with Crippen molar-refractivity contribution >= 4 is 11.6 Å². The number of benzene rings is 3. The van der Waals surface area contributed by atoms with Crippen molar-refractivity contribution in [2.45, 2.75) is 32.8 Å². The molecule has 0 radical (unpaired) electrons. The molecule has 6 nitrogen and oxygen atoms in total. The van der Waals surface area contributed by atoms with Gasteiger partial charge in [-0.1, -0.05) is 32.9 Å². The van der Waals surface area contributed by atoms with E-state index in [-0.39, 0.29) is 17.9 Å². The summed E-state index contributed by atoms with van der Waals surface area (Å²) in [5.41, 5.74) is 3.19. The number of hydrogen-bond acceptors (Lipinski definition) is 5. The van der Waals surface area contributed by atoms with Crippen molar-refractivity contribution in [3.8, 4) is 23.0 Å². The lowest BCUT2D eigenvalue weighted by Crippen LogP contribution is -2.13. The molecule has 174 valence electrons. The standard InChI is InChI=1S/C27H31NO5/c1-27(2,3)20-8-11-22(12-9-20)33-17-19-15-18(7-13-23(19)30-4)26(29)28-21-10-14-24(31-5)25(16-21)32-6/h7-16H,17H2,1-6H3,(H,28,29). The molecule has 0 aliphatic heterocycles. The Morgan fingerprint density at radius 2 is 1.42 bits per heavy atom. The van der Waals surface area contributed by atoms with E-state index in [0.29, 0.717) is 28.5 Å². The molecule has 3 aromatic rings. The molecule has 0 aliphatic rings. The number of nitrogens with one attached hydrogen (secondary N) is 1. The maximum absolute atomic E-state index is 12.9. The van der Waals surface area contributed by atoms with Gasteiger partial charge in [-0.15, -0.1) is 0 Å². The van der Waals surface area contributed by atoms with Crippen molar-refractivity contribution in [3.05, 3.63) is 77.4 Å². The molecule has 3 rings (SSSR count). The SMILES string of the molecule is COc1ccc(C(=O)Nc2ccc(OC)c(OC)c2)cc1COc1ccc(C(C)(C)C)cc1.